The lowest BCUT2D eigenvalue weighted by molar-refractivity contribution is -0.895. The zero-order chi connectivity index (χ0) is 17.6. The minimum Gasteiger partial charge on any atom is -0.310 e. The molecule has 6 nitrogen and oxygen atoms in total. The monoisotopic (exact) mass is 339 g/mol. The maximum absolute atomic E-state index is 13.7. The molecule has 3 heterocycles. The van der Waals surface area contributed by atoms with Crippen LogP contribution in [0.3, 0.4) is 0 Å². The predicted octanol–water partition coefficient (Wildman–Crippen LogP) is 2.62. The fourth-order valence-corrected chi connectivity index (χ4v) is 2.73. The van der Waals surface area contributed by atoms with Gasteiger partial charge in [-0.2, -0.15) is 0 Å². The molecule has 3 aromatic rings. The van der Waals surface area contributed by atoms with Gasteiger partial charge < -0.3 is 5.32 Å². The molecule has 25 heavy (non-hydrogen) atoms. The van der Waals surface area contributed by atoms with Gasteiger partial charge in [-0.15, -0.1) is 0 Å². The highest BCUT2D eigenvalue weighted by molar-refractivity contribution is 5.95. The van der Waals surface area contributed by atoms with Gasteiger partial charge in [0.2, 0.25) is 12.1 Å². The summed E-state index contributed by atoms with van der Waals surface area (Å²) in [5.41, 5.74) is 1.31. The summed E-state index contributed by atoms with van der Waals surface area (Å²) < 4.78 is 14.7. The second kappa shape index (κ2) is 5.77. The zero-order valence-corrected chi connectivity index (χ0v) is 13.5. The highest BCUT2D eigenvalue weighted by Crippen LogP contribution is 2.30. The molecule has 1 amide bonds. The summed E-state index contributed by atoms with van der Waals surface area (Å²) in [6.07, 6.45) is 7.59. The van der Waals surface area contributed by atoms with Crippen molar-refractivity contribution in [1.82, 2.24) is 9.97 Å². The molecule has 0 aromatic carbocycles. The second-order valence-electron chi connectivity index (χ2n) is 6.26. The molecule has 4 rings (SSSR count). The first-order valence-electron chi connectivity index (χ1n) is 7.99. The van der Waals surface area contributed by atoms with Crippen LogP contribution in [0.5, 0.6) is 0 Å². The maximum atomic E-state index is 13.7. The summed E-state index contributed by atoms with van der Waals surface area (Å²) >= 11 is 0. The average Bonchev–Trinajstić information content (AvgIpc) is 3.42. The number of nitrogens with one attached hydrogen (secondary N) is 1. The molecule has 0 spiro atoms. The lowest BCUT2D eigenvalue weighted by Crippen LogP contribution is -2.32. The van der Waals surface area contributed by atoms with Gasteiger partial charge in [-0.3, -0.25) is 15.0 Å². The van der Waals surface area contributed by atoms with Crippen LogP contribution in [-0.4, -0.2) is 21.1 Å². The Morgan fingerprint density at radius 3 is 2.84 bits per heavy atom. The first-order chi connectivity index (χ1) is 12.0. The number of hydrogen-bond acceptors (Lipinski definition) is 4. The van der Waals surface area contributed by atoms with E-state index in [-0.39, 0.29) is 11.8 Å². The van der Waals surface area contributed by atoms with Crippen LogP contribution >= 0.6 is 0 Å². The van der Waals surface area contributed by atoms with Crippen molar-refractivity contribution in [3.05, 3.63) is 48.3 Å². The molecule has 0 bridgehead atoms. The molecule has 1 aliphatic rings. The Balaban J connectivity index is 1.74. The molecule has 3 aromatic heterocycles. The van der Waals surface area contributed by atoms with Crippen molar-refractivity contribution in [2.75, 3.05) is 5.32 Å². The number of hydrogen-bond donors (Lipinski definition) is 2. The van der Waals surface area contributed by atoms with Crippen LogP contribution in [0.2, 0.25) is 0 Å². The van der Waals surface area contributed by atoms with E-state index in [9.17, 15) is 14.4 Å². The topological polar surface area (TPSA) is 79.0 Å². The quantitative estimate of drug-likeness (QED) is 0.568. The Hall–Kier alpha value is -3.09. The van der Waals surface area contributed by atoms with Gasteiger partial charge in [0.15, 0.2) is 0 Å². The number of fused-ring (bicyclic) bond motifs is 1. The number of rotatable bonds is 3. The molecule has 1 fully saturated rings. The molecular formula is C18H16FN4O2+. The smallest absolute Gasteiger partial charge is 0.267 e. The van der Waals surface area contributed by atoms with E-state index in [2.05, 4.69) is 15.3 Å². The molecule has 0 saturated heterocycles. The third-order valence-corrected chi connectivity index (χ3v) is 4.40. The zero-order valence-electron chi connectivity index (χ0n) is 13.5. The van der Waals surface area contributed by atoms with Gasteiger partial charge in [0.25, 0.3) is 5.69 Å². The van der Waals surface area contributed by atoms with Gasteiger partial charge in [0.05, 0.1) is 17.1 Å². The van der Waals surface area contributed by atoms with Crippen molar-refractivity contribution in [2.24, 2.45) is 5.92 Å². The van der Waals surface area contributed by atoms with Gasteiger partial charge in [-0.05, 0) is 25.8 Å². The number of amides is 1. The van der Waals surface area contributed by atoms with Gasteiger partial charge in [-0.1, -0.05) is 0 Å². The van der Waals surface area contributed by atoms with Crippen LogP contribution in [0, 0.1) is 18.7 Å². The van der Waals surface area contributed by atoms with E-state index >= 15 is 0 Å². The first kappa shape index (κ1) is 15.4. The van der Waals surface area contributed by atoms with Crippen LogP contribution in [-0.2, 0) is 4.79 Å². The van der Waals surface area contributed by atoms with E-state index < -0.39 is 5.82 Å². The van der Waals surface area contributed by atoms with Crippen LogP contribution < -0.4 is 10.0 Å². The number of pyridine rings is 3. The summed E-state index contributed by atoms with van der Waals surface area (Å²) in [4.78, 5) is 19.9. The molecule has 126 valence electrons. The molecule has 0 atom stereocenters. The molecule has 1 saturated carbocycles. The highest BCUT2D eigenvalue weighted by atomic mass is 19.1. The molecule has 2 N–H and O–H groups in total. The standard InChI is InChI=1S/C18H15FN4O2/c1-10-14(7-20-8-15(10)19)16-4-12-6-21-17(5-13(12)9-23(16)25)22-18(24)11-2-3-11/h4-9,11H,2-3H2,1H3,(H-,21,22,24,25)/p+1. The van der Waals surface area contributed by atoms with E-state index in [0.29, 0.717) is 28.0 Å². The second-order valence-corrected chi connectivity index (χ2v) is 6.26. The fourth-order valence-electron chi connectivity index (χ4n) is 2.73. The third kappa shape index (κ3) is 2.88. The van der Waals surface area contributed by atoms with Crippen molar-refractivity contribution >= 4 is 22.5 Å². The van der Waals surface area contributed by atoms with Crippen molar-refractivity contribution in [3.8, 4) is 11.3 Å². The van der Waals surface area contributed by atoms with E-state index in [1.165, 1.54) is 12.4 Å². The summed E-state index contributed by atoms with van der Waals surface area (Å²) in [7, 11) is 0. The van der Waals surface area contributed by atoms with Crippen LogP contribution in [0.25, 0.3) is 22.0 Å². The summed E-state index contributed by atoms with van der Waals surface area (Å²) in [5.74, 6) is 0.0718. The van der Waals surface area contributed by atoms with Gasteiger partial charge >= 0.3 is 0 Å². The Morgan fingerprint density at radius 2 is 2.08 bits per heavy atom. The van der Waals surface area contributed by atoms with Crippen molar-refractivity contribution in [3.63, 3.8) is 0 Å². The summed E-state index contributed by atoms with van der Waals surface area (Å²) in [6, 6.07) is 3.40. The van der Waals surface area contributed by atoms with Crippen molar-refractivity contribution in [2.45, 2.75) is 19.8 Å². The van der Waals surface area contributed by atoms with Crippen LogP contribution in [0.1, 0.15) is 18.4 Å². The maximum Gasteiger partial charge on any atom is 0.267 e. The largest absolute Gasteiger partial charge is 0.310 e. The third-order valence-electron chi connectivity index (χ3n) is 4.40. The minimum atomic E-state index is -0.436. The molecule has 7 heteroatoms. The summed E-state index contributed by atoms with van der Waals surface area (Å²) in [5, 5.41) is 14.5. The minimum absolute atomic E-state index is 0.0261. The normalized spacial score (nSPS) is 13.8. The molecule has 0 radical (unpaired) electrons. The Labute approximate surface area is 142 Å². The fraction of sp³-hybridized carbons (Fsp3) is 0.222. The first-order valence-corrected chi connectivity index (χ1v) is 7.99. The van der Waals surface area contributed by atoms with Crippen molar-refractivity contribution in [1.29, 1.82) is 0 Å². The number of nitrogens with zero attached hydrogens (tertiary/aromatic N) is 3. The summed E-state index contributed by atoms with van der Waals surface area (Å²) in [6.45, 7) is 1.63. The molecule has 0 unspecified atom stereocenters. The van der Waals surface area contributed by atoms with Crippen LogP contribution in [0.15, 0.2) is 36.9 Å². The van der Waals surface area contributed by atoms with Crippen LogP contribution in [0.4, 0.5) is 10.2 Å². The number of carbonyl (C=O) groups is 1. The van der Waals surface area contributed by atoms with Crippen molar-refractivity contribution < 1.29 is 19.1 Å². The lowest BCUT2D eigenvalue weighted by Gasteiger charge is -2.06. The van der Waals surface area contributed by atoms with E-state index in [4.69, 9.17) is 0 Å². The van der Waals surface area contributed by atoms with E-state index in [1.807, 2.05) is 0 Å². The highest BCUT2D eigenvalue weighted by Gasteiger charge is 2.30. The molecule has 1 aliphatic carbocycles. The lowest BCUT2D eigenvalue weighted by atomic mass is 10.1. The van der Waals surface area contributed by atoms with Gasteiger partial charge in [0, 0.05) is 40.1 Å². The number of anilines is 1. The number of aromatic nitrogens is 3. The SMILES string of the molecule is Cc1c(F)cncc1-c1cc2cnc(NC(=O)C3CC3)cc2c[n+]1O. The number of carbonyl (C=O) groups excluding carboxylic acids is 1. The predicted molar refractivity (Wildman–Crippen MR) is 88.4 cm³/mol. The Kier molecular flexibility index (Phi) is 3.56. The van der Waals surface area contributed by atoms with Gasteiger partial charge in [0.1, 0.15) is 11.6 Å². The average molecular weight is 339 g/mol. The Bertz CT molecular complexity index is 1000. The van der Waals surface area contributed by atoms with Gasteiger partial charge in [-0.25, -0.2) is 9.37 Å². The van der Waals surface area contributed by atoms with E-state index in [0.717, 1.165) is 29.2 Å². The Morgan fingerprint density at radius 1 is 1.28 bits per heavy atom. The molecular weight excluding hydrogens is 323 g/mol. The van der Waals surface area contributed by atoms with E-state index in [1.54, 1.807) is 25.3 Å². The number of halogens is 1. The molecule has 0 aliphatic heterocycles.